The van der Waals surface area contributed by atoms with Gasteiger partial charge < -0.3 is 10.2 Å². The van der Waals surface area contributed by atoms with Crippen molar-refractivity contribution in [2.45, 2.75) is 0 Å². The number of nitrogens with zero attached hydrogens (tertiary/aromatic N) is 1. The van der Waals surface area contributed by atoms with Crippen LogP contribution in [0.3, 0.4) is 0 Å². The summed E-state index contributed by atoms with van der Waals surface area (Å²) in [6.45, 7) is 0. The van der Waals surface area contributed by atoms with E-state index in [9.17, 15) is 0 Å². The van der Waals surface area contributed by atoms with E-state index in [2.05, 4.69) is 15.9 Å². The van der Waals surface area contributed by atoms with Gasteiger partial charge in [0.25, 0.3) is 0 Å². The van der Waals surface area contributed by atoms with E-state index >= 15 is 0 Å². The van der Waals surface area contributed by atoms with E-state index in [0.29, 0.717) is 10.6 Å². The second-order valence-corrected chi connectivity index (χ2v) is 3.46. The van der Waals surface area contributed by atoms with E-state index in [1.165, 1.54) is 6.21 Å². The maximum absolute atomic E-state index is 6.63. The molecule has 16 heavy (non-hydrogen) atoms. The number of fused-ring (bicyclic) bond motifs is 1. The number of hydrogen-bond acceptors (Lipinski definition) is 3. The van der Waals surface area contributed by atoms with E-state index in [-0.39, 0.29) is 5.96 Å². The van der Waals surface area contributed by atoms with Crippen molar-refractivity contribution in [3.8, 4) is 0 Å². The first kappa shape index (κ1) is 9.23. The van der Waals surface area contributed by atoms with Gasteiger partial charge in [0.05, 0.1) is 17.5 Å². The van der Waals surface area contributed by atoms with Crippen LogP contribution in [-0.4, -0.2) is 12.2 Å². The maximum Gasteiger partial charge on any atom is 0.206 e. The monoisotopic (exact) mass is 236 g/mol. The highest BCUT2D eigenvalue weighted by molar-refractivity contribution is 6.34. The predicted molar refractivity (Wildman–Crippen MR) is 63.9 cm³/mol. The van der Waals surface area contributed by atoms with Gasteiger partial charge >= 0.3 is 0 Å². The van der Waals surface area contributed by atoms with Crippen molar-refractivity contribution in [3.63, 3.8) is 0 Å². The average molecular weight is 237 g/mol. The Labute approximate surface area is 97.8 Å². The summed E-state index contributed by atoms with van der Waals surface area (Å²) in [7, 11) is 0. The molecule has 1 heterocycles. The third-order valence-corrected chi connectivity index (χ3v) is 2.33. The van der Waals surface area contributed by atoms with Gasteiger partial charge in [-0.05, 0) is 18.2 Å². The van der Waals surface area contributed by atoms with Gasteiger partial charge in [0.2, 0.25) is 5.96 Å². The Bertz CT molecular complexity index is 593. The van der Waals surface area contributed by atoms with Gasteiger partial charge in [-0.25, -0.2) is 5.43 Å². The molecule has 1 aromatic carbocycles. The molecule has 1 aromatic heterocycles. The Morgan fingerprint density at radius 1 is 1.62 bits per heavy atom. The number of benzene rings is 1. The number of halogens is 1. The Hall–Kier alpha value is -2.01. The summed E-state index contributed by atoms with van der Waals surface area (Å²) in [5.41, 5.74) is 9.07. The molecule has 0 aliphatic heterocycles. The fraction of sp³-hybridized carbons (Fsp3) is 0. The normalized spacial score (nSPS) is 13.3. The van der Waals surface area contributed by atoms with Crippen LogP contribution in [0.25, 0.3) is 11.0 Å². The Morgan fingerprint density at radius 3 is 3.31 bits per heavy atom. The first-order valence-corrected chi connectivity index (χ1v) is 4.82. The molecule has 0 spiro atoms. The molecule has 6 heteroatoms. The van der Waals surface area contributed by atoms with Crippen LogP contribution in [0.1, 0.15) is 5.56 Å². The van der Waals surface area contributed by atoms with Crippen LogP contribution in [0.15, 0.2) is 34.0 Å². The van der Waals surface area contributed by atoms with Crippen molar-refractivity contribution < 1.29 is 5.83 Å². The van der Waals surface area contributed by atoms with Crippen LogP contribution >= 0.6 is 11.6 Å². The molecule has 82 valence electrons. The zero-order valence-electron chi connectivity index (χ0n) is 9.14. The Morgan fingerprint density at radius 2 is 2.50 bits per heavy atom. The van der Waals surface area contributed by atoms with Gasteiger partial charge in [-0.2, -0.15) is 5.10 Å². The molecule has 0 radical (unpaired) electrons. The van der Waals surface area contributed by atoms with Gasteiger partial charge in [-0.15, -0.1) is 0 Å². The van der Waals surface area contributed by atoms with Crippen LogP contribution in [0, 0.1) is 5.40 Å². The molecular formula is C10H9ClN4O. The summed E-state index contributed by atoms with van der Waals surface area (Å²) in [5, 5.41) is 8.19. The average Bonchev–Trinajstić information content (AvgIpc) is 2.80. The maximum atomic E-state index is 6.63. The van der Waals surface area contributed by atoms with Crippen LogP contribution in [-0.2, 0) is 0 Å². The number of nitrogens with two attached hydrogens (primary N) is 1. The molecule has 0 saturated carbocycles. The zero-order chi connectivity index (χ0) is 12.3. The quantitative estimate of drug-likeness (QED) is 0.423. The highest BCUT2D eigenvalue weighted by Gasteiger charge is 2.05. The summed E-state index contributed by atoms with van der Waals surface area (Å²) >= 11 is 6.05. The first-order valence-electron chi connectivity index (χ1n) is 4.89. The van der Waals surface area contributed by atoms with Gasteiger partial charge in [0.1, 0.15) is 5.58 Å². The van der Waals surface area contributed by atoms with E-state index in [1.54, 1.807) is 24.5 Å². The van der Waals surface area contributed by atoms with Gasteiger partial charge in [-0.1, -0.05) is 11.6 Å². The molecule has 0 bridgehead atoms. The Kier molecular flexibility index (Phi) is 2.45. The highest BCUT2D eigenvalue weighted by atomic mass is 35.5. The van der Waals surface area contributed by atoms with Crippen molar-refractivity contribution in [1.29, 1.82) is 5.40 Å². The second kappa shape index (κ2) is 4.24. The van der Waals surface area contributed by atoms with Crippen LogP contribution < -0.4 is 11.2 Å². The summed E-state index contributed by atoms with van der Waals surface area (Å²) in [4.78, 5) is 0. The van der Waals surface area contributed by atoms with Crippen molar-refractivity contribution >= 4 is 34.7 Å². The van der Waals surface area contributed by atoms with Crippen molar-refractivity contribution in [1.82, 2.24) is 5.43 Å². The van der Waals surface area contributed by atoms with Crippen LogP contribution in [0.4, 0.5) is 0 Å². The van der Waals surface area contributed by atoms with Crippen molar-refractivity contribution in [2.75, 3.05) is 0 Å². The molecule has 0 saturated heterocycles. The number of furan rings is 1. The topological polar surface area (TPSA) is 87.4 Å². The van der Waals surface area contributed by atoms with Crippen molar-refractivity contribution in [3.05, 3.63) is 35.0 Å². The van der Waals surface area contributed by atoms with E-state index in [1.807, 2.05) is 0 Å². The van der Waals surface area contributed by atoms with E-state index in [4.69, 9.17) is 23.2 Å². The molecule has 4 N–H and O–H groups in total. The Balaban J connectivity index is 2.34. The van der Waals surface area contributed by atoms with E-state index in [0.717, 1.165) is 11.0 Å². The summed E-state index contributed by atoms with van der Waals surface area (Å²) in [5.74, 6) is -0.100. The van der Waals surface area contributed by atoms with Crippen LogP contribution in [0.5, 0.6) is 0 Å². The molecule has 0 aliphatic rings. The minimum atomic E-state index is -0.100. The number of nitrogens with one attached hydrogen (secondary N) is 2. The highest BCUT2D eigenvalue weighted by Crippen LogP contribution is 2.25. The summed E-state index contributed by atoms with van der Waals surface area (Å²) in [6.07, 6.45) is 3.07. The molecule has 0 unspecified atom stereocenters. The standard InChI is InChI=1S/C10H9ClN4O/c11-8-1-2-9-6(3-4-16-9)7(8)5-14-15-10(12)13/h1-5H,(H4,12,13,15). The molecule has 0 atom stereocenters. The first-order chi connectivity index (χ1) is 8.22. The minimum absolute atomic E-state index is 0.100. The zero-order valence-corrected chi connectivity index (χ0v) is 8.90. The third kappa shape index (κ3) is 1.99. The lowest BCUT2D eigenvalue weighted by atomic mass is 10.1. The molecule has 0 fully saturated rings. The van der Waals surface area contributed by atoms with Gasteiger partial charge in [0.15, 0.2) is 1.41 Å². The number of hydrogen-bond donors (Lipinski definition) is 3. The molecule has 0 aliphatic carbocycles. The molecular weight excluding hydrogens is 228 g/mol. The lowest BCUT2D eigenvalue weighted by Gasteiger charge is -1.99. The molecule has 2 rings (SSSR count). The smallest absolute Gasteiger partial charge is 0.206 e. The second-order valence-electron chi connectivity index (χ2n) is 3.05. The third-order valence-electron chi connectivity index (χ3n) is 2.00. The minimum Gasteiger partial charge on any atom is -0.464 e. The van der Waals surface area contributed by atoms with E-state index < -0.39 is 0 Å². The fourth-order valence-electron chi connectivity index (χ4n) is 1.33. The number of rotatable bonds is 2. The van der Waals surface area contributed by atoms with Crippen molar-refractivity contribution in [2.24, 2.45) is 10.8 Å². The molecule has 2 aromatic rings. The van der Waals surface area contributed by atoms with Crippen LogP contribution in [0.2, 0.25) is 6.43 Å². The predicted octanol–water partition coefficient (Wildman–Crippen LogP) is 1.90. The van der Waals surface area contributed by atoms with Gasteiger partial charge in [0, 0.05) is 10.9 Å². The lowest BCUT2D eigenvalue weighted by molar-refractivity contribution is 0.616. The summed E-state index contributed by atoms with van der Waals surface area (Å²) in [6, 6.07) is 5.29. The molecule has 5 nitrogen and oxygen atoms in total. The SMILES string of the molecule is [H]/N=C(\N)NN=Cc1c(Cl)ccc2occc12. The number of guanidine groups is 1. The number of hydrazone groups is 1. The molecule has 0 amide bonds. The largest absolute Gasteiger partial charge is 0.464 e. The fourth-order valence-corrected chi connectivity index (χ4v) is 1.55. The summed E-state index contributed by atoms with van der Waals surface area (Å²) < 4.78 is 11.9. The van der Waals surface area contributed by atoms with Gasteiger partial charge in [-0.3, -0.25) is 5.40 Å². The lowest BCUT2D eigenvalue weighted by Crippen LogP contribution is -2.25.